The minimum Gasteiger partial charge on any atom is -0.496 e. The number of hydrogen-bond acceptors (Lipinski definition) is 4. The van der Waals surface area contributed by atoms with Crippen LogP contribution in [0.15, 0.2) is 24.3 Å². The first-order valence-corrected chi connectivity index (χ1v) is 4.01. The van der Waals surface area contributed by atoms with E-state index < -0.39 is 11.9 Å². The molecule has 0 aliphatic rings. The van der Waals surface area contributed by atoms with E-state index in [1.807, 2.05) is 0 Å². The highest BCUT2D eigenvalue weighted by Gasteiger charge is 2.14. The third-order valence-electron chi connectivity index (χ3n) is 1.56. The molecule has 4 nitrogen and oxygen atoms in total. The summed E-state index contributed by atoms with van der Waals surface area (Å²) in [4.78, 5) is 21.9. The van der Waals surface area contributed by atoms with Crippen LogP contribution < -0.4 is 4.74 Å². The van der Waals surface area contributed by atoms with Crippen LogP contribution in [0.1, 0.15) is 17.3 Å². The molecule has 0 aliphatic heterocycles. The smallest absolute Gasteiger partial charge is 0.349 e. The van der Waals surface area contributed by atoms with E-state index in [4.69, 9.17) is 4.74 Å². The highest BCUT2D eigenvalue weighted by molar-refractivity contribution is 5.98. The maximum absolute atomic E-state index is 11.3. The van der Waals surface area contributed by atoms with Crippen molar-refractivity contribution in [1.29, 1.82) is 0 Å². The first-order chi connectivity index (χ1) is 6.65. The van der Waals surface area contributed by atoms with Gasteiger partial charge in [-0.1, -0.05) is 12.1 Å². The average molecular weight is 194 g/mol. The Morgan fingerprint density at radius 3 is 2.43 bits per heavy atom. The standard InChI is InChI=1S/C10H10O4/c1-7(11)14-10(12)8-5-3-4-6-9(8)13-2/h3-6H,1-2H3. The third kappa shape index (κ3) is 2.32. The summed E-state index contributed by atoms with van der Waals surface area (Å²) in [6.45, 7) is 1.17. The molecule has 0 aliphatic carbocycles. The summed E-state index contributed by atoms with van der Waals surface area (Å²) in [6, 6.07) is 6.55. The molecule has 0 saturated heterocycles. The molecule has 4 heteroatoms. The van der Waals surface area contributed by atoms with Crippen molar-refractivity contribution in [3.63, 3.8) is 0 Å². The third-order valence-corrected chi connectivity index (χ3v) is 1.56. The van der Waals surface area contributed by atoms with E-state index >= 15 is 0 Å². The Hall–Kier alpha value is -1.84. The Balaban J connectivity index is 2.94. The number of esters is 2. The van der Waals surface area contributed by atoms with Crippen LogP contribution in [0.4, 0.5) is 0 Å². The van der Waals surface area contributed by atoms with Crippen LogP contribution in [0, 0.1) is 0 Å². The molecule has 1 rings (SSSR count). The number of ether oxygens (including phenoxy) is 2. The van der Waals surface area contributed by atoms with Gasteiger partial charge in [-0.05, 0) is 12.1 Å². The van der Waals surface area contributed by atoms with Crippen molar-refractivity contribution in [2.45, 2.75) is 6.92 Å². The lowest BCUT2D eigenvalue weighted by Crippen LogP contribution is -2.10. The number of carbonyl (C=O) groups excluding carboxylic acids is 2. The SMILES string of the molecule is COc1ccccc1C(=O)OC(C)=O. The average Bonchev–Trinajstić information content (AvgIpc) is 2.16. The zero-order valence-corrected chi connectivity index (χ0v) is 7.94. The summed E-state index contributed by atoms with van der Waals surface area (Å²) in [5, 5.41) is 0. The van der Waals surface area contributed by atoms with Gasteiger partial charge in [0.05, 0.1) is 7.11 Å². The van der Waals surface area contributed by atoms with Crippen molar-refractivity contribution in [2.75, 3.05) is 7.11 Å². The molecule has 0 heterocycles. The fourth-order valence-corrected chi connectivity index (χ4v) is 0.999. The summed E-state index contributed by atoms with van der Waals surface area (Å²) < 4.78 is 9.36. The van der Waals surface area contributed by atoms with Crippen LogP contribution in [-0.2, 0) is 9.53 Å². The minimum atomic E-state index is -0.699. The lowest BCUT2D eigenvalue weighted by Gasteiger charge is -2.05. The van der Waals surface area contributed by atoms with Crippen molar-refractivity contribution in [1.82, 2.24) is 0 Å². The molecular formula is C10H10O4. The van der Waals surface area contributed by atoms with Gasteiger partial charge in [-0.25, -0.2) is 4.79 Å². The van der Waals surface area contributed by atoms with Crippen molar-refractivity contribution >= 4 is 11.9 Å². The van der Waals surface area contributed by atoms with Gasteiger partial charge in [0.1, 0.15) is 11.3 Å². The lowest BCUT2D eigenvalue weighted by atomic mass is 10.2. The summed E-state index contributed by atoms with van der Waals surface area (Å²) in [7, 11) is 1.44. The molecule has 0 unspecified atom stereocenters. The van der Waals surface area contributed by atoms with E-state index in [9.17, 15) is 9.59 Å². The fourth-order valence-electron chi connectivity index (χ4n) is 0.999. The van der Waals surface area contributed by atoms with Gasteiger partial charge in [0.15, 0.2) is 0 Å². The molecule has 1 aromatic rings. The maximum Gasteiger partial charge on any atom is 0.349 e. The molecule has 0 radical (unpaired) electrons. The first kappa shape index (κ1) is 10.2. The molecule has 0 atom stereocenters. The van der Waals surface area contributed by atoms with Crippen LogP contribution >= 0.6 is 0 Å². The largest absolute Gasteiger partial charge is 0.496 e. The summed E-state index contributed by atoms with van der Waals surface area (Å²) in [6.07, 6.45) is 0. The molecular weight excluding hydrogens is 184 g/mol. The van der Waals surface area contributed by atoms with E-state index in [-0.39, 0.29) is 5.56 Å². The fraction of sp³-hybridized carbons (Fsp3) is 0.200. The second-order valence-electron chi connectivity index (χ2n) is 2.58. The van der Waals surface area contributed by atoms with Crippen LogP contribution in [0.5, 0.6) is 5.75 Å². The Labute approximate surface area is 81.4 Å². The number of methoxy groups -OCH3 is 1. The van der Waals surface area contributed by atoms with Gasteiger partial charge in [-0.3, -0.25) is 4.79 Å². The molecule has 0 bridgehead atoms. The van der Waals surface area contributed by atoms with Crippen LogP contribution in [0.3, 0.4) is 0 Å². The Kier molecular flexibility index (Phi) is 3.23. The van der Waals surface area contributed by atoms with Crippen LogP contribution in [0.2, 0.25) is 0 Å². The normalized spacial score (nSPS) is 9.29. The Morgan fingerprint density at radius 1 is 1.21 bits per heavy atom. The molecule has 74 valence electrons. The molecule has 0 saturated carbocycles. The van der Waals surface area contributed by atoms with Gasteiger partial charge >= 0.3 is 11.9 Å². The van der Waals surface area contributed by atoms with Gasteiger partial charge in [-0.2, -0.15) is 0 Å². The van der Waals surface area contributed by atoms with Crippen molar-refractivity contribution < 1.29 is 19.1 Å². The topological polar surface area (TPSA) is 52.6 Å². The summed E-state index contributed by atoms with van der Waals surface area (Å²) in [5.74, 6) is -0.949. The number of rotatable bonds is 2. The van der Waals surface area contributed by atoms with Crippen LogP contribution in [-0.4, -0.2) is 19.0 Å². The van der Waals surface area contributed by atoms with Gasteiger partial charge in [0.25, 0.3) is 0 Å². The molecule has 0 aromatic heterocycles. The van der Waals surface area contributed by atoms with Crippen molar-refractivity contribution in [2.24, 2.45) is 0 Å². The number of para-hydroxylation sites is 1. The summed E-state index contributed by atoms with van der Waals surface area (Å²) in [5.41, 5.74) is 0.241. The van der Waals surface area contributed by atoms with Gasteiger partial charge in [0, 0.05) is 6.92 Å². The maximum atomic E-state index is 11.3. The zero-order chi connectivity index (χ0) is 10.6. The van der Waals surface area contributed by atoms with E-state index in [2.05, 4.69) is 4.74 Å². The van der Waals surface area contributed by atoms with Crippen molar-refractivity contribution in [3.05, 3.63) is 29.8 Å². The lowest BCUT2D eigenvalue weighted by molar-refractivity contribution is -0.135. The zero-order valence-electron chi connectivity index (χ0n) is 7.94. The Morgan fingerprint density at radius 2 is 1.86 bits per heavy atom. The van der Waals surface area contributed by atoms with Crippen molar-refractivity contribution in [3.8, 4) is 5.75 Å². The van der Waals surface area contributed by atoms with E-state index in [0.717, 1.165) is 0 Å². The quantitative estimate of drug-likeness (QED) is 0.527. The van der Waals surface area contributed by atoms with Gasteiger partial charge in [0.2, 0.25) is 0 Å². The predicted octanol–water partition coefficient (Wildman–Crippen LogP) is 1.40. The van der Waals surface area contributed by atoms with E-state index in [0.29, 0.717) is 5.75 Å². The number of carbonyl (C=O) groups is 2. The van der Waals surface area contributed by atoms with Gasteiger partial charge in [-0.15, -0.1) is 0 Å². The molecule has 0 N–H and O–H groups in total. The second-order valence-corrected chi connectivity index (χ2v) is 2.58. The van der Waals surface area contributed by atoms with Gasteiger partial charge < -0.3 is 9.47 Å². The Bertz CT molecular complexity index is 357. The first-order valence-electron chi connectivity index (χ1n) is 4.01. The minimum absolute atomic E-state index is 0.241. The summed E-state index contributed by atoms with van der Waals surface area (Å²) >= 11 is 0. The molecule has 0 amide bonds. The molecule has 0 spiro atoms. The highest BCUT2D eigenvalue weighted by Crippen LogP contribution is 2.17. The highest BCUT2D eigenvalue weighted by atomic mass is 16.6. The van der Waals surface area contributed by atoms with E-state index in [1.165, 1.54) is 20.1 Å². The molecule has 0 fully saturated rings. The van der Waals surface area contributed by atoms with E-state index in [1.54, 1.807) is 18.2 Å². The number of benzene rings is 1. The van der Waals surface area contributed by atoms with Crippen LogP contribution in [0.25, 0.3) is 0 Å². The number of hydrogen-bond donors (Lipinski definition) is 0. The predicted molar refractivity (Wildman–Crippen MR) is 49.1 cm³/mol. The second kappa shape index (κ2) is 4.41. The monoisotopic (exact) mass is 194 g/mol. The molecule has 1 aromatic carbocycles. The molecule has 14 heavy (non-hydrogen) atoms.